The maximum absolute atomic E-state index is 13.3. The van der Waals surface area contributed by atoms with Crippen LogP contribution in [0.1, 0.15) is 10.4 Å². The third-order valence-corrected chi connectivity index (χ3v) is 6.12. The maximum Gasteiger partial charge on any atom is 0.327 e. The Hall–Kier alpha value is -4.45. The second-order valence-electron chi connectivity index (χ2n) is 7.18. The van der Waals surface area contributed by atoms with Gasteiger partial charge in [0, 0.05) is 31.1 Å². The van der Waals surface area contributed by atoms with Crippen LogP contribution in [-0.2, 0) is 7.05 Å². The summed E-state index contributed by atoms with van der Waals surface area (Å²) in [6, 6.07) is 10.7. The summed E-state index contributed by atoms with van der Waals surface area (Å²) in [5.74, 6) is -0.190. The highest BCUT2D eigenvalue weighted by molar-refractivity contribution is 7.19. The third kappa shape index (κ3) is 4.38. The molecule has 180 valence electrons. The molecule has 0 aliphatic rings. The fraction of sp³-hybridized carbons (Fsp3) is 0.174. The number of hydrogen-bond donors (Lipinski definition) is 1. The summed E-state index contributed by atoms with van der Waals surface area (Å²) in [5.41, 5.74) is 0.645. The summed E-state index contributed by atoms with van der Waals surface area (Å²) in [6.07, 6.45) is 3.47. The highest BCUT2D eigenvalue weighted by atomic mass is 32.1. The highest BCUT2D eigenvalue weighted by Crippen LogP contribution is 2.46. The molecule has 35 heavy (non-hydrogen) atoms. The lowest BCUT2D eigenvalue weighted by Crippen LogP contribution is -2.15. The largest absolute Gasteiger partial charge is 0.493 e. The monoisotopic (exact) mass is 495 g/mol. The highest BCUT2D eigenvalue weighted by Gasteiger charge is 2.33. The number of aromatic nitrogens is 3. The number of benzene rings is 2. The van der Waals surface area contributed by atoms with Gasteiger partial charge in [0.1, 0.15) is 5.56 Å². The van der Waals surface area contributed by atoms with Crippen LogP contribution in [-0.4, -0.2) is 46.7 Å². The van der Waals surface area contributed by atoms with Gasteiger partial charge in [-0.1, -0.05) is 41.7 Å². The second kappa shape index (κ2) is 9.81. The molecular formula is C23H21N5O6S. The molecule has 0 spiro atoms. The van der Waals surface area contributed by atoms with Gasteiger partial charge in [0.15, 0.2) is 16.7 Å². The fourth-order valence-corrected chi connectivity index (χ4v) is 4.58. The number of nitro groups is 1. The molecule has 0 bridgehead atoms. The number of carbonyl (C=O) groups excluding carboxylic acids is 1. The zero-order valence-corrected chi connectivity index (χ0v) is 20.1. The first-order valence-corrected chi connectivity index (χ1v) is 11.0. The Bertz CT molecular complexity index is 1400. The summed E-state index contributed by atoms with van der Waals surface area (Å²) in [7, 11) is 5.78. The molecule has 0 saturated heterocycles. The number of ether oxygens (including phenoxy) is 3. The van der Waals surface area contributed by atoms with Gasteiger partial charge in [-0.25, -0.2) is 9.97 Å². The number of rotatable bonds is 8. The Morgan fingerprint density at radius 2 is 1.83 bits per heavy atom. The molecule has 0 aliphatic heterocycles. The predicted molar refractivity (Wildman–Crippen MR) is 130 cm³/mol. The molecule has 2 heterocycles. The van der Waals surface area contributed by atoms with Gasteiger partial charge in [0.25, 0.3) is 5.91 Å². The van der Waals surface area contributed by atoms with Gasteiger partial charge in [-0.2, -0.15) is 0 Å². The lowest BCUT2D eigenvalue weighted by molar-refractivity contribution is -0.386. The van der Waals surface area contributed by atoms with E-state index in [1.807, 2.05) is 41.9 Å². The predicted octanol–water partition coefficient (Wildman–Crippen LogP) is 4.40. The van der Waals surface area contributed by atoms with Crippen LogP contribution < -0.4 is 19.5 Å². The molecule has 0 radical (unpaired) electrons. The smallest absolute Gasteiger partial charge is 0.327 e. The van der Waals surface area contributed by atoms with E-state index in [0.717, 1.165) is 10.4 Å². The Balaban J connectivity index is 1.81. The number of carbonyl (C=O) groups is 1. The minimum atomic E-state index is -0.754. The second-order valence-corrected chi connectivity index (χ2v) is 8.18. The molecular weight excluding hydrogens is 474 g/mol. The Morgan fingerprint density at radius 3 is 2.40 bits per heavy atom. The van der Waals surface area contributed by atoms with Crippen LogP contribution in [0, 0.1) is 10.1 Å². The van der Waals surface area contributed by atoms with Gasteiger partial charge < -0.3 is 18.8 Å². The van der Waals surface area contributed by atoms with E-state index >= 15 is 0 Å². The zero-order valence-electron chi connectivity index (χ0n) is 19.3. The number of anilines is 1. The number of hydrogen-bond acceptors (Lipinski definition) is 9. The van der Waals surface area contributed by atoms with Crippen molar-refractivity contribution in [2.75, 3.05) is 26.6 Å². The Kier molecular flexibility index (Phi) is 6.64. The molecule has 0 fully saturated rings. The lowest BCUT2D eigenvalue weighted by Gasteiger charge is -2.14. The van der Waals surface area contributed by atoms with E-state index in [9.17, 15) is 14.9 Å². The Labute approximate surface area is 204 Å². The third-order valence-electron chi connectivity index (χ3n) is 5.15. The van der Waals surface area contributed by atoms with E-state index < -0.39 is 16.5 Å². The molecule has 0 aliphatic carbocycles. The average molecular weight is 496 g/mol. The maximum atomic E-state index is 13.3. The van der Waals surface area contributed by atoms with Crippen molar-refractivity contribution in [2.24, 2.45) is 7.05 Å². The molecule has 0 saturated carbocycles. The van der Waals surface area contributed by atoms with E-state index in [0.29, 0.717) is 11.5 Å². The van der Waals surface area contributed by atoms with Crippen LogP contribution in [0.5, 0.6) is 17.2 Å². The molecule has 12 heteroatoms. The topological polar surface area (TPSA) is 131 Å². The van der Waals surface area contributed by atoms with Crippen molar-refractivity contribution in [3.05, 3.63) is 64.5 Å². The molecule has 0 atom stereocenters. The molecule has 2 aromatic heterocycles. The van der Waals surface area contributed by atoms with Crippen molar-refractivity contribution in [1.29, 1.82) is 0 Å². The number of methoxy groups -OCH3 is 3. The van der Waals surface area contributed by atoms with E-state index in [2.05, 4.69) is 15.3 Å². The van der Waals surface area contributed by atoms with Crippen LogP contribution >= 0.6 is 11.3 Å². The Morgan fingerprint density at radius 1 is 1.11 bits per heavy atom. The van der Waals surface area contributed by atoms with Crippen LogP contribution in [0.3, 0.4) is 0 Å². The average Bonchev–Trinajstić information content (AvgIpc) is 3.48. The summed E-state index contributed by atoms with van der Waals surface area (Å²) >= 11 is 1.21. The van der Waals surface area contributed by atoms with Crippen molar-refractivity contribution in [1.82, 2.24) is 14.5 Å². The lowest BCUT2D eigenvalue weighted by atomic mass is 10.1. The van der Waals surface area contributed by atoms with E-state index in [1.54, 1.807) is 12.4 Å². The number of amides is 1. The summed E-state index contributed by atoms with van der Waals surface area (Å²) in [5, 5.41) is 14.8. The molecule has 4 aromatic rings. The molecule has 11 nitrogen and oxygen atoms in total. The molecule has 2 aromatic carbocycles. The quantitative estimate of drug-likeness (QED) is 0.281. The minimum Gasteiger partial charge on any atom is -0.493 e. The SMILES string of the molecule is COc1cc(C(=O)Nc2nc(-c3ccccc3)c(-c3nccn3C)s2)c([N+](=O)[O-])c(OC)c1OC. The van der Waals surface area contributed by atoms with Gasteiger partial charge in [0.05, 0.1) is 36.8 Å². The van der Waals surface area contributed by atoms with Gasteiger partial charge in [-0.3, -0.25) is 20.2 Å². The number of thiazole rings is 1. The van der Waals surface area contributed by atoms with Crippen molar-refractivity contribution in [2.45, 2.75) is 0 Å². The number of nitro benzene ring substituents is 1. The standard InChI is InChI=1S/C23H21N5O6S/c1-27-11-10-24-21(27)20-16(13-8-6-5-7-9-13)25-23(35-20)26-22(29)14-12-15(32-2)18(33-3)19(34-4)17(14)28(30)31/h5-12H,1-4H3,(H,25,26,29). The van der Waals surface area contributed by atoms with Crippen LogP contribution in [0.2, 0.25) is 0 Å². The summed E-state index contributed by atoms with van der Waals surface area (Å²) in [6.45, 7) is 0. The van der Waals surface area contributed by atoms with Gasteiger partial charge in [-0.15, -0.1) is 0 Å². The number of aryl methyl sites for hydroxylation is 1. The van der Waals surface area contributed by atoms with Crippen LogP contribution in [0.15, 0.2) is 48.8 Å². The zero-order chi connectivity index (χ0) is 25.1. The van der Waals surface area contributed by atoms with Crippen molar-refractivity contribution in [3.8, 4) is 39.2 Å². The number of imidazole rings is 1. The van der Waals surface area contributed by atoms with E-state index in [1.165, 1.54) is 38.7 Å². The summed E-state index contributed by atoms with van der Waals surface area (Å²) in [4.78, 5) is 34.2. The molecule has 1 amide bonds. The number of nitrogens with one attached hydrogen (secondary N) is 1. The number of nitrogens with zero attached hydrogens (tertiary/aromatic N) is 4. The van der Waals surface area contributed by atoms with Gasteiger partial charge in [-0.05, 0) is 0 Å². The fourth-order valence-electron chi connectivity index (χ4n) is 3.56. The first kappa shape index (κ1) is 23.7. The van der Waals surface area contributed by atoms with Crippen molar-refractivity contribution in [3.63, 3.8) is 0 Å². The van der Waals surface area contributed by atoms with Crippen molar-refractivity contribution < 1.29 is 23.9 Å². The minimum absolute atomic E-state index is 0.0101. The van der Waals surface area contributed by atoms with E-state index in [-0.39, 0.29) is 27.9 Å². The van der Waals surface area contributed by atoms with Gasteiger partial charge in [0.2, 0.25) is 11.5 Å². The molecule has 0 unspecified atom stereocenters. The van der Waals surface area contributed by atoms with Crippen LogP contribution in [0.25, 0.3) is 22.0 Å². The van der Waals surface area contributed by atoms with E-state index in [4.69, 9.17) is 14.2 Å². The van der Waals surface area contributed by atoms with Crippen molar-refractivity contribution >= 4 is 28.1 Å². The summed E-state index contributed by atoms with van der Waals surface area (Å²) < 4.78 is 17.5. The normalized spacial score (nSPS) is 10.6. The van der Waals surface area contributed by atoms with Gasteiger partial charge >= 0.3 is 5.69 Å². The first-order valence-electron chi connectivity index (χ1n) is 10.2. The van der Waals surface area contributed by atoms with Crippen LogP contribution in [0.4, 0.5) is 10.8 Å². The first-order chi connectivity index (χ1) is 16.9. The molecule has 1 N–H and O–H groups in total. The molecule has 4 rings (SSSR count).